The van der Waals surface area contributed by atoms with Crippen LogP contribution >= 0.6 is 0 Å². The lowest BCUT2D eigenvalue weighted by molar-refractivity contribution is -0.230. The highest BCUT2D eigenvalue weighted by atomic mass is 19.3. The summed E-state index contributed by atoms with van der Waals surface area (Å²) in [4.78, 5) is 0. The van der Waals surface area contributed by atoms with E-state index in [0.29, 0.717) is 17.8 Å². The van der Waals surface area contributed by atoms with Crippen molar-refractivity contribution >= 4 is 0 Å². The highest BCUT2D eigenvalue weighted by molar-refractivity contribution is 4.91. The maximum atomic E-state index is 12.4. The van der Waals surface area contributed by atoms with Crippen LogP contribution in [0.15, 0.2) is 24.3 Å². The summed E-state index contributed by atoms with van der Waals surface area (Å²) in [6, 6.07) is 0. The average molecular weight is 411 g/mol. The van der Waals surface area contributed by atoms with Gasteiger partial charge in [0.15, 0.2) is 6.29 Å². The largest absolute Gasteiger partial charge is 0.352 e. The number of rotatable bonds is 8. The molecular formula is C25H40F2O2. The van der Waals surface area contributed by atoms with Crippen molar-refractivity contribution in [2.24, 2.45) is 29.6 Å². The van der Waals surface area contributed by atoms with Crippen LogP contribution in [0.1, 0.15) is 84.0 Å². The lowest BCUT2D eigenvalue weighted by atomic mass is 9.78. The molecule has 3 aliphatic rings. The summed E-state index contributed by atoms with van der Waals surface area (Å²) in [5.41, 5.74) is 0. The van der Waals surface area contributed by atoms with Crippen molar-refractivity contribution in [1.29, 1.82) is 0 Å². The molecule has 166 valence electrons. The fourth-order valence-electron chi connectivity index (χ4n) is 5.54. The van der Waals surface area contributed by atoms with Gasteiger partial charge in [-0.1, -0.05) is 18.6 Å². The third-order valence-corrected chi connectivity index (χ3v) is 7.48. The van der Waals surface area contributed by atoms with E-state index in [1.54, 1.807) is 0 Å². The average Bonchev–Trinajstić information content (AvgIpc) is 2.74. The van der Waals surface area contributed by atoms with Crippen LogP contribution in [-0.2, 0) is 9.47 Å². The van der Waals surface area contributed by atoms with Crippen molar-refractivity contribution in [3.05, 3.63) is 24.3 Å². The number of allylic oxidation sites excluding steroid dienone is 3. The second-order valence-electron chi connectivity index (χ2n) is 9.64. The zero-order valence-electron chi connectivity index (χ0n) is 18.2. The molecule has 0 aromatic rings. The molecule has 0 spiro atoms. The van der Waals surface area contributed by atoms with Gasteiger partial charge in [0, 0.05) is 11.8 Å². The summed E-state index contributed by atoms with van der Waals surface area (Å²) in [5.74, 6) is 2.75. The van der Waals surface area contributed by atoms with Crippen molar-refractivity contribution < 1.29 is 18.3 Å². The van der Waals surface area contributed by atoms with Gasteiger partial charge in [-0.05, 0) is 101 Å². The molecule has 3 rings (SSSR count). The quantitative estimate of drug-likeness (QED) is 0.386. The van der Waals surface area contributed by atoms with Gasteiger partial charge in [-0.3, -0.25) is 0 Å². The van der Waals surface area contributed by atoms with Crippen molar-refractivity contribution in [2.75, 3.05) is 13.2 Å². The Labute approximate surface area is 176 Å². The van der Waals surface area contributed by atoms with Crippen LogP contribution in [0.25, 0.3) is 0 Å². The fourth-order valence-corrected chi connectivity index (χ4v) is 5.54. The smallest absolute Gasteiger partial charge is 0.266 e. The van der Waals surface area contributed by atoms with Gasteiger partial charge in [0.2, 0.25) is 0 Å². The highest BCUT2D eigenvalue weighted by Crippen LogP contribution is 2.37. The van der Waals surface area contributed by atoms with E-state index in [1.165, 1.54) is 44.9 Å². The second kappa shape index (κ2) is 12.2. The zero-order chi connectivity index (χ0) is 20.5. The molecule has 1 saturated heterocycles. The summed E-state index contributed by atoms with van der Waals surface area (Å²) < 4.78 is 37.1. The molecule has 0 bridgehead atoms. The Morgan fingerprint density at radius 1 is 0.793 bits per heavy atom. The van der Waals surface area contributed by atoms with Gasteiger partial charge in [0.25, 0.3) is 6.08 Å². The lowest BCUT2D eigenvalue weighted by Gasteiger charge is -2.38. The Hall–Kier alpha value is -0.740. The third kappa shape index (κ3) is 7.79. The van der Waals surface area contributed by atoms with Crippen LogP contribution in [-0.4, -0.2) is 19.5 Å². The van der Waals surface area contributed by atoms with E-state index >= 15 is 0 Å². The van der Waals surface area contributed by atoms with Crippen molar-refractivity contribution in [2.45, 2.75) is 90.3 Å². The number of hydrogen-bond acceptors (Lipinski definition) is 2. The minimum absolute atomic E-state index is 0.0144. The van der Waals surface area contributed by atoms with E-state index in [0.717, 1.165) is 57.3 Å². The first-order valence-electron chi connectivity index (χ1n) is 12.0. The molecule has 2 saturated carbocycles. The molecule has 0 unspecified atom stereocenters. The molecule has 29 heavy (non-hydrogen) atoms. The molecule has 4 heteroatoms. The van der Waals surface area contributed by atoms with E-state index in [9.17, 15) is 8.78 Å². The van der Waals surface area contributed by atoms with Crippen LogP contribution < -0.4 is 0 Å². The minimum Gasteiger partial charge on any atom is -0.352 e. The molecule has 0 aromatic heterocycles. The molecule has 3 fully saturated rings. The summed E-state index contributed by atoms with van der Waals surface area (Å²) in [7, 11) is 0. The van der Waals surface area contributed by atoms with Gasteiger partial charge in [-0.15, -0.1) is 0 Å². The van der Waals surface area contributed by atoms with Crippen LogP contribution in [0.5, 0.6) is 0 Å². The van der Waals surface area contributed by atoms with Crippen LogP contribution in [0.3, 0.4) is 0 Å². The molecule has 0 radical (unpaired) electrons. The highest BCUT2D eigenvalue weighted by Gasteiger charge is 2.32. The number of ether oxygens (including phenoxy) is 2. The standard InChI is InChI=1S/C25H40F2O2/c1-2-3-4-5-19-12-14-23(15-13-19)25-28-17-22(18-29-25)11-8-20-6-9-21(10-7-20)16-24(26)27/h2-3,16,19-23,25H,4-15,17-18H2,1H3/b3-2+. The van der Waals surface area contributed by atoms with Crippen LogP contribution in [0.2, 0.25) is 0 Å². The van der Waals surface area contributed by atoms with Crippen molar-refractivity contribution in [3.8, 4) is 0 Å². The van der Waals surface area contributed by atoms with Gasteiger partial charge in [0.1, 0.15) is 0 Å². The summed E-state index contributed by atoms with van der Waals surface area (Å²) in [6.07, 6.45) is 18.1. The van der Waals surface area contributed by atoms with Gasteiger partial charge in [0.05, 0.1) is 13.2 Å². The molecule has 0 aromatic carbocycles. The molecular weight excluding hydrogens is 370 g/mol. The molecule has 2 aliphatic carbocycles. The van der Waals surface area contributed by atoms with Gasteiger partial charge in [-0.2, -0.15) is 8.78 Å². The number of halogens is 2. The molecule has 1 aliphatic heterocycles. The monoisotopic (exact) mass is 410 g/mol. The summed E-state index contributed by atoms with van der Waals surface area (Å²) in [6.45, 7) is 3.76. The van der Waals surface area contributed by atoms with E-state index in [-0.39, 0.29) is 12.2 Å². The fraction of sp³-hybridized carbons (Fsp3) is 0.840. The minimum atomic E-state index is -1.51. The summed E-state index contributed by atoms with van der Waals surface area (Å²) in [5, 5.41) is 0. The normalized spacial score (nSPS) is 36.2. The maximum Gasteiger partial charge on any atom is 0.266 e. The predicted molar refractivity (Wildman–Crippen MR) is 114 cm³/mol. The number of hydrogen-bond donors (Lipinski definition) is 0. The first-order valence-corrected chi connectivity index (χ1v) is 12.0. The lowest BCUT2D eigenvalue weighted by Crippen LogP contribution is -2.38. The molecule has 0 N–H and O–H groups in total. The van der Waals surface area contributed by atoms with Crippen molar-refractivity contribution in [3.63, 3.8) is 0 Å². The SMILES string of the molecule is C/C=C/CCC1CCC(C2OCC(CCC3CCC(C=C(F)F)CC3)CO2)CC1. The molecule has 0 amide bonds. The van der Waals surface area contributed by atoms with E-state index < -0.39 is 6.08 Å². The van der Waals surface area contributed by atoms with E-state index in [2.05, 4.69) is 19.1 Å². The van der Waals surface area contributed by atoms with Gasteiger partial charge >= 0.3 is 0 Å². The molecule has 2 nitrogen and oxygen atoms in total. The van der Waals surface area contributed by atoms with E-state index in [1.807, 2.05) is 0 Å². The molecule has 0 atom stereocenters. The Bertz CT molecular complexity index is 505. The summed E-state index contributed by atoms with van der Waals surface area (Å²) >= 11 is 0. The Morgan fingerprint density at radius 3 is 2.00 bits per heavy atom. The van der Waals surface area contributed by atoms with Crippen LogP contribution in [0.4, 0.5) is 8.78 Å². The maximum absolute atomic E-state index is 12.4. The first-order chi connectivity index (χ1) is 14.1. The van der Waals surface area contributed by atoms with E-state index in [4.69, 9.17) is 9.47 Å². The molecule has 1 heterocycles. The van der Waals surface area contributed by atoms with Gasteiger partial charge in [-0.25, -0.2) is 0 Å². The Balaban J connectivity index is 1.27. The topological polar surface area (TPSA) is 18.5 Å². The Kier molecular flexibility index (Phi) is 9.65. The predicted octanol–water partition coefficient (Wildman–Crippen LogP) is 7.51. The first kappa shape index (κ1) is 22.9. The third-order valence-electron chi connectivity index (χ3n) is 7.48. The zero-order valence-corrected chi connectivity index (χ0v) is 18.2. The Morgan fingerprint density at radius 2 is 1.38 bits per heavy atom. The second-order valence-corrected chi connectivity index (χ2v) is 9.64. The van der Waals surface area contributed by atoms with Gasteiger partial charge < -0.3 is 9.47 Å². The van der Waals surface area contributed by atoms with Crippen molar-refractivity contribution in [1.82, 2.24) is 0 Å². The van der Waals surface area contributed by atoms with Crippen LogP contribution in [0, 0.1) is 29.6 Å².